The molecule has 0 bridgehead atoms. The number of carbonyl (C=O) groups is 3. The maximum atomic E-state index is 11.3. The molecule has 0 unspecified atom stereocenters. The molecule has 0 aliphatic heterocycles. The maximum Gasteiger partial charge on any atom is 0.341 e. The van der Waals surface area contributed by atoms with E-state index in [1.165, 1.54) is 11.9 Å². The number of nitrogens with one attached hydrogen (secondary N) is 2. The summed E-state index contributed by atoms with van der Waals surface area (Å²) in [5, 5.41) is 10.6. The van der Waals surface area contributed by atoms with Crippen LogP contribution < -0.4 is 10.8 Å². The average molecular weight is 233 g/mol. The first-order chi connectivity index (χ1) is 7.51. The number of hydroxylamine groups is 1. The van der Waals surface area contributed by atoms with Gasteiger partial charge < -0.3 is 15.3 Å². The van der Waals surface area contributed by atoms with Gasteiger partial charge in [0.15, 0.2) is 6.61 Å². The van der Waals surface area contributed by atoms with E-state index in [9.17, 15) is 14.4 Å². The highest BCUT2D eigenvalue weighted by atomic mass is 16.7. The lowest BCUT2D eigenvalue weighted by Gasteiger charge is -2.19. The molecule has 0 spiro atoms. The first kappa shape index (κ1) is 14.2. The van der Waals surface area contributed by atoms with Gasteiger partial charge in [-0.3, -0.25) is 9.63 Å². The second kappa shape index (κ2) is 7.46. The van der Waals surface area contributed by atoms with Crippen molar-refractivity contribution in [3.05, 3.63) is 0 Å². The quantitative estimate of drug-likeness (QED) is 0.498. The Balaban J connectivity index is 4.00. The number of likely N-dealkylation sites (N-methyl/N-ethyl adjacent to an activating group) is 2. The highest BCUT2D eigenvalue weighted by Crippen LogP contribution is 1.89. The van der Waals surface area contributed by atoms with Gasteiger partial charge in [0.1, 0.15) is 6.54 Å². The van der Waals surface area contributed by atoms with Crippen molar-refractivity contribution < 1.29 is 24.3 Å². The molecule has 0 saturated carbocycles. The Hall–Kier alpha value is -1.83. The third-order valence-corrected chi connectivity index (χ3v) is 1.64. The molecule has 0 radical (unpaired) electrons. The highest BCUT2D eigenvalue weighted by molar-refractivity contribution is 5.83. The summed E-state index contributed by atoms with van der Waals surface area (Å²) in [6, 6.07) is -0.660. The van der Waals surface area contributed by atoms with E-state index in [1.807, 2.05) is 5.48 Å². The largest absolute Gasteiger partial charge is 0.479 e. The Morgan fingerprint density at radius 3 is 2.44 bits per heavy atom. The van der Waals surface area contributed by atoms with Gasteiger partial charge in [-0.25, -0.2) is 15.1 Å². The minimum atomic E-state index is -1.20. The monoisotopic (exact) mass is 233 g/mol. The van der Waals surface area contributed by atoms with Crippen LogP contribution in [0.25, 0.3) is 0 Å². The first-order valence-electron chi connectivity index (χ1n) is 4.60. The zero-order chi connectivity index (χ0) is 12.6. The van der Waals surface area contributed by atoms with Crippen LogP contribution in [0.3, 0.4) is 0 Å². The number of rotatable bonds is 6. The maximum absolute atomic E-state index is 11.3. The molecule has 0 aliphatic carbocycles. The molecular formula is C8H15N3O5. The Bertz CT molecular complexity index is 268. The summed E-state index contributed by atoms with van der Waals surface area (Å²) in [5.41, 5.74) is 1.92. The van der Waals surface area contributed by atoms with Crippen LogP contribution in [0.2, 0.25) is 0 Å². The molecular weight excluding hydrogens is 218 g/mol. The zero-order valence-corrected chi connectivity index (χ0v) is 9.15. The third-order valence-electron chi connectivity index (χ3n) is 1.64. The predicted octanol–water partition coefficient (Wildman–Crippen LogP) is -1.22. The number of carboxylic acids is 1. The predicted molar refractivity (Wildman–Crippen MR) is 53.4 cm³/mol. The number of hydrogen-bond acceptors (Lipinski definition) is 4. The van der Waals surface area contributed by atoms with Crippen molar-refractivity contribution >= 4 is 17.9 Å². The minimum Gasteiger partial charge on any atom is -0.479 e. The Morgan fingerprint density at radius 2 is 2.00 bits per heavy atom. The Kier molecular flexibility index (Phi) is 6.61. The molecule has 8 heteroatoms. The lowest BCUT2D eigenvalue weighted by Crippen LogP contribution is -2.45. The molecule has 0 saturated heterocycles. The van der Waals surface area contributed by atoms with E-state index in [0.29, 0.717) is 6.54 Å². The fourth-order valence-corrected chi connectivity index (χ4v) is 0.804. The Morgan fingerprint density at radius 1 is 1.38 bits per heavy atom. The SMILES string of the molecule is CCN(CC(=O)NC)C(=O)NOCC(=O)O. The minimum absolute atomic E-state index is 0.116. The van der Waals surface area contributed by atoms with E-state index in [2.05, 4.69) is 10.2 Å². The number of urea groups is 1. The van der Waals surface area contributed by atoms with Crippen LogP contribution >= 0.6 is 0 Å². The average Bonchev–Trinajstić information content (AvgIpc) is 2.24. The summed E-state index contributed by atoms with van der Waals surface area (Å²) in [7, 11) is 1.45. The van der Waals surface area contributed by atoms with Gasteiger partial charge in [0.05, 0.1) is 0 Å². The molecule has 0 heterocycles. The molecule has 3 N–H and O–H groups in total. The fraction of sp³-hybridized carbons (Fsp3) is 0.625. The molecule has 3 amide bonds. The molecule has 16 heavy (non-hydrogen) atoms. The van der Waals surface area contributed by atoms with Crippen molar-refractivity contribution in [2.75, 3.05) is 26.7 Å². The van der Waals surface area contributed by atoms with Gasteiger partial charge in [-0.05, 0) is 6.92 Å². The van der Waals surface area contributed by atoms with E-state index < -0.39 is 18.6 Å². The van der Waals surface area contributed by atoms with Gasteiger partial charge >= 0.3 is 12.0 Å². The van der Waals surface area contributed by atoms with Crippen LogP contribution in [-0.4, -0.2) is 54.7 Å². The van der Waals surface area contributed by atoms with Gasteiger partial charge in [-0.15, -0.1) is 0 Å². The van der Waals surface area contributed by atoms with Gasteiger partial charge in [0.25, 0.3) is 0 Å². The number of hydrogen-bond donors (Lipinski definition) is 3. The summed E-state index contributed by atoms with van der Waals surface area (Å²) < 4.78 is 0. The number of carbonyl (C=O) groups excluding carboxylic acids is 2. The smallest absolute Gasteiger partial charge is 0.341 e. The fourth-order valence-electron chi connectivity index (χ4n) is 0.804. The highest BCUT2D eigenvalue weighted by Gasteiger charge is 2.14. The van der Waals surface area contributed by atoms with Crippen LogP contribution in [0, 0.1) is 0 Å². The number of aliphatic carboxylic acids is 1. The number of amides is 3. The van der Waals surface area contributed by atoms with Gasteiger partial charge in [-0.2, -0.15) is 0 Å². The van der Waals surface area contributed by atoms with Crippen molar-refractivity contribution in [3.63, 3.8) is 0 Å². The second-order valence-corrected chi connectivity index (χ2v) is 2.78. The summed E-state index contributed by atoms with van der Waals surface area (Å²) in [6.45, 7) is 1.23. The first-order valence-corrected chi connectivity index (χ1v) is 4.60. The zero-order valence-electron chi connectivity index (χ0n) is 9.15. The normalized spacial score (nSPS) is 9.38. The van der Waals surface area contributed by atoms with E-state index in [0.717, 1.165) is 0 Å². The van der Waals surface area contributed by atoms with Crippen molar-refractivity contribution in [1.29, 1.82) is 0 Å². The number of carboxylic acid groups (broad SMARTS) is 1. The van der Waals surface area contributed by atoms with Gasteiger partial charge in [-0.1, -0.05) is 0 Å². The third kappa shape index (κ3) is 5.81. The van der Waals surface area contributed by atoms with E-state index in [4.69, 9.17) is 5.11 Å². The summed E-state index contributed by atoms with van der Waals surface area (Å²) in [5.74, 6) is -1.52. The van der Waals surface area contributed by atoms with E-state index in [1.54, 1.807) is 6.92 Å². The second-order valence-electron chi connectivity index (χ2n) is 2.78. The molecule has 0 atom stereocenters. The Labute approximate surface area is 92.5 Å². The summed E-state index contributed by atoms with van der Waals surface area (Å²) >= 11 is 0. The molecule has 0 aromatic rings. The molecule has 0 aromatic heterocycles. The molecule has 0 fully saturated rings. The van der Waals surface area contributed by atoms with Crippen molar-refractivity contribution in [3.8, 4) is 0 Å². The molecule has 8 nitrogen and oxygen atoms in total. The lowest BCUT2D eigenvalue weighted by atomic mass is 10.5. The molecule has 0 aromatic carbocycles. The van der Waals surface area contributed by atoms with Crippen LogP contribution in [0.4, 0.5) is 4.79 Å². The summed E-state index contributed by atoms with van der Waals surface area (Å²) in [6.07, 6.45) is 0. The van der Waals surface area contributed by atoms with Gasteiger partial charge in [0, 0.05) is 13.6 Å². The van der Waals surface area contributed by atoms with Crippen molar-refractivity contribution in [1.82, 2.24) is 15.7 Å². The number of nitrogens with zero attached hydrogens (tertiary/aromatic N) is 1. The van der Waals surface area contributed by atoms with Crippen LogP contribution in [-0.2, 0) is 14.4 Å². The van der Waals surface area contributed by atoms with Gasteiger partial charge in [0.2, 0.25) is 5.91 Å². The van der Waals surface area contributed by atoms with E-state index >= 15 is 0 Å². The van der Waals surface area contributed by atoms with E-state index in [-0.39, 0.29) is 12.5 Å². The van der Waals surface area contributed by atoms with Crippen molar-refractivity contribution in [2.24, 2.45) is 0 Å². The molecule has 92 valence electrons. The van der Waals surface area contributed by atoms with Crippen LogP contribution in [0.1, 0.15) is 6.92 Å². The lowest BCUT2D eigenvalue weighted by molar-refractivity contribution is -0.144. The summed E-state index contributed by atoms with van der Waals surface area (Å²) in [4.78, 5) is 38.0. The van der Waals surface area contributed by atoms with Crippen LogP contribution in [0.5, 0.6) is 0 Å². The standard InChI is InChI=1S/C8H15N3O5/c1-3-11(4-6(12)9-2)8(15)10-16-5-7(13)14/h3-5H2,1-2H3,(H,9,12)(H,10,15)(H,13,14). The molecule has 0 rings (SSSR count). The van der Waals surface area contributed by atoms with Crippen molar-refractivity contribution in [2.45, 2.75) is 6.92 Å². The van der Waals surface area contributed by atoms with Crippen LogP contribution in [0.15, 0.2) is 0 Å². The topological polar surface area (TPSA) is 108 Å². The molecule has 0 aliphatic rings.